The molecule has 0 spiro atoms. The van der Waals surface area contributed by atoms with Crippen LogP contribution in [0.5, 0.6) is 0 Å². The van der Waals surface area contributed by atoms with Crippen molar-refractivity contribution in [1.29, 1.82) is 0 Å². The molecule has 1 aromatic carbocycles. The molecule has 2 heterocycles. The van der Waals surface area contributed by atoms with Gasteiger partial charge in [0.1, 0.15) is 5.00 Å². The molecule has 29 heavy (non-hydrogen) atoms. The van der Waals surface area contributed by atoms with Crippen molar-refractivity contribution in [3.8, 4) is 0 Å². The number of benzene rings is 1. The zero-order chi connectivity index (χ0) is 20.2. The number of nitrogens with zero attached hydrogens (tertiary/aromatic N) is 1. The first-order valence-electron chi connectivity index (χ1n) is 9.86. The predicted molar refractivity (Wildman–Crippen MR) is 117 cm³/mol. The van der Waals surface area contributed by atoms with Crippen molar-refractivity contribution in [3.63, 3.8) is 0 Å². The summed E-state index contributed by atoms with van der Waals surface area (Å²) in [5.41, 5.74) is 4.01. The van der Waals surface area contributed by atoms with Crippen LogP contribution in [0.2, 0.25) is 0 Å². The molecular formula is C23H23N3O2S. The molecule has 6 heteroatoms. The predicted octanol–water partition coefficient (Wildman–Crippen LogP) is 5.23. The van der Waals surface area contributed by atoms with Gasteiger partial charge in [-0.1, -0.05) is 24.6 Å². The Morgan fingerprint density at radius 3 is 2.48 bits per heavy atom. The lowest BCUT2D eigenvalue weighted by atomic mass is 10.0. The summed E-state index contributed by atoms with van der Waals surface area (Å²) in [5.74, 6) is -0.391. The van der Waals surface area contributed by atoms with E-state index < -0.39 is 0 Å². The molecule has 1 aliphatic carbocycles. The van der Waals surface area contributed by atoms with Crippen LogP contribution in [0, 0.1) is 6.92 Å². The van der Waals surface area contributed by atoms with Gasteiger partial charge in [0.05, 0.1) is 5.56 Å². The van der Waals surface area contributed by atoms with E-state index in [-0.39, 0.29) is 11.8 Å². The van der Waals surface area contributed by atoms with E-state index in [0.717, 1.165) is 42.5 Å². The van der Waals surface area contributed by atoms with Crippen LogP contribution < -0.4 is 10.6 Å². The molecule has 0 fully saturated rings. The van der Waals surface area contributed by atoms with Gasteiger partial charge in [0.2, 0.25) is 0 Å². The number of aryl methyl sites for hydroxylation is 2. The van der Waals surface area contributed by atoms with Gasteiger partial charge < -0.3 is 10.6 Å². The summed E-state index contributed by atoms with van der Waals surface area (Å²) < 4.78 is 0. The molecule has 5 nitrogen and oxygen atoms in total. The normalized spacial score (nSPS) is 13.3. The number of rotatable bonds is 4. The molecule has 3 aromatic rings. The standard InChI is InChI=1S/C23H23N3O2S/c1-15-7-5-6-9-18(15)25-22(28)20-17-8-3-2-4-10-19(17)29-23(20)26-21(27)16-11-13-24-14-12-16/h5-7,9,11-14H,2-4,8,10H2,1H3,(H,25,28)(H,26,27). The number of hydrogen-bond donors (Lipinski definition) is 2. The van der Waals surface area contributed by atoms with Gasteiger partial charge in [-0.2, -0.15) is 0 Å². The number of anilines is 2. The van der Waals surface area contributed by atoms with Crippen LogP contribution in [0.3, 0.4) is 0 Å². The van der Waals surface area contributed by atoms with E-state index in [2.05, 4.69) is 15.6 Å². The molecule has 0 saturated carbocycles. The molecule has 148 valence electrons. The van der Waals surface area contributed by atoms with Crippen LogP contribution in [0.15, 0.2) is 48.8 Å². The zero-order valence-electron chi connectivity index (χ0n) is 16.3. The van der Waals surface area contributed by atoms with Gasteiger partial charge in [0.15, 0.2) is 0 Å². The monoisotopic (exact) mass is 405 g/mol. The summed E-state index contributed by atoms with van der Waals surface area (Å²) in [6, 6.07) is 11.1. The maximum atomic E-state index is 13.3. The maximum Gasteiger partial charge on any atom is 0.258 e. The second-order valence-electron chi connectivity index (χ2n) is 7.23. The van der Waals surface area contributed by atoms with Crippen LogP contribution >= 0.6 is 11.3 Å². The van der Waals surface area contributed by atoms with Crippen molar-refractivity contribution >= 4 is 33.8 Å². The first-order valence-corrected chi connectivity index (χ1v) is 10.7. The minimum atomic E-state index is -0.228. The third-order valence-corrected chi connectivity index (χ3v) is 6.42. The molecule has 0 bridgehead atoms. The van der Waals surface area contributed by atoms with E-state index in [1.165, 1.54) is 22.6 Å². The summed E-state index contributed by atoms with van der Waals surface area (Å²) >= 11 is 1.53. The van der Waals surface area contributed by atoms with Crippen molar-refractivity contribution in [2.24, 2.45) is 0 Å². The zero-order valence-corrected chi connectivity index (χ0v) is 17.1. The molecule has 2 N–H and O–H groups in total. The summed E-state index contributed by atoms with van der Waals surface area (Å²) in [4.78, 5) is 31.2. The molecule has 4 rings (SSSR count). The highest BCUT2D eigenvalue weighted by Gasteiger charge is 2.26. The Morgan fingerprint density at radius 2 is 1.69 bits per heavy atom. The van der Waals surface area contributed by atoms with Gasteiger partial charge in [-0.25, -0.2) is 0 Å². The Labute approximate surface area is 174 Å². The lowest BCUT2D eigenvalue weighted by Gasteiger charge is -2.11. The lowest BCUT2D eigenvalue weighted by Crippen LogP contribution is -2.18. The number of nitrogens with one attached hydrogen (secondary N) is 2. The van der Waals surface area contributed by atoms with E-state index in [4.69, 9.17) is 0 Å². The molecule has 2 amide bonds. The Hall–Kier alpha value is -2.99. The second kappa shape index (κ2) is 8.57. The fourth-order valence-electron chi connectivity index (χ4n) is 3.65. The summed E-state index contributed by atoms with van der Waals surface area (Å²) in [7, 11) is 0. The molecule has 0 saturated heterocycles. The number of thiophene rings is 1. The van der Waals surface area contributed by atoms with E-state index in [1.54, 1.807) is 24.5 Å². The lowest BCUT2D eigenvalue weighted by molar-refractivity contribution is 0.102. The van der Waals surface area contributed by atoms with Crippen LogP contribution in [-0.4, -0.2) is 16.8 Å². The van der Waals surface area contributed by atoms with Crippen molar-refractivity contribution < 1.29 is 9.59 Å². The first kappa shape index (κ1) is 19.3. The number of amides is 2. The Bertz CT molecular complexity index is 1040. The number of carbonyl (C=O) groups is 2. The molecule has 0 atom stereocenters. The highest BCUT2D eigenvalue weighted by molar-refractivity contribution is 7.17. The van der Waals surface area contributed by atoms with Crippen LogP contribution in [0.1, 0.15) is 56.0 Å². The molecular weight excluding hydrogens is 382 g/mol. The summed E-state index contributed by atoms with van der Waals surface area (Å²) in [6.07, 6.45) is 8.34. The SMILES string of the molecule is Cc1ccccc1NC(=O)c1c(NC(=O)c2ccncc2)sc2c1CCCCC2. The van der Waals surface area contributed by atoms with Crippen molar-refractivity contribution in [2.45, 2.75) is 39.0 Å². The van der Waals surface area contributed by atoms with E-state index in [0.29, 0.717) is 16.1 Å². The Kier molecular flexibility index (Phi) is 5.71. The van der Waals surface area contributed by atoms with Gasteiger partial charge in [-0.15, -0.1) is 11.3 Å². The molecule has 1 aliphatic rings. The summed E-state index contributed by atoms with van der Waals surface area (Å²) in [6.45, 7) is 1.97. The fraction of sp³-hybridized carbons (Fsp3) is 0.261. The quantitative estimate of drug-likeness (QED) is 0.584. The minimum Gasteiger partial charge on any atom is -0.322 e. The molecule has 0 aliphatic heterocycles. The number of fused-ring (bicyclic) bond motifs is 1. The van der Waals surface area contributed by atoms with Crippen LogP contribution in [0.4, 0.5) is 10.7 Å². The number of hydrogen-bond acceptors (Lipinski definition) is 4. The van der Waals surface area contributed by atoms with Crippen LogP contribution in [-0.2, 0) is 12.8 Å². The van der Waals surface area contributed by atoms with Gasteiger partial charge in [0, 0.05) is 28.5 Å². The average molecular weight is 406 g/mol. The van der Waals surface area contributed by atoms with Gasteiger partial charge in [-0.3, -0.25) is 14.6 Å². The van der Waals surface area contributed by atoms with Crippen LogP contribution in [0.25, 0.3) is 0 Å². The van der Waals surface area contributed by atoms with Gasteiger partial charge >= 0.3 is 0 Å². The second-order valence-corrected chi connectivity index (χ2v) is 8.33. The Balaban J connectivity index is 1.68. The smallest absolute Gasteiger partial charge is 0.258 e. The Morgan fingerprint density at radius 1 is 0.931 bits per heavy atom. The van der Waals surface area contributed by atoms with Crippen molar-refractivity contribution in [2.75, 3.05) is 10.6 Å². The number of aromatic nitrogens is 1. The van der Waals surface area contributed by atoms with E-state index in [1.807, 2.05) is 31.2 Å². The third kappa shape index (κ3) is 4.22. The van der Waals surface area contributed by atoms with Gasteiger partial charge in [0.25, 0.3) is 11.8 Å². The molecule has 2 aromatic heterocycles. The minimum absolute atomic E-state index is 0.163. The number of para-hydroxylation sites is 1. The van der Waals surface area contributed by atoms with Gasteiger partial charge in [-0.05, 0) is 61.9 Å². The fourth-order valence-corrected chi connectivity index (χ4v) is 4.93. The van der Waals surface area contributed by atoms with Crippen molar-refractivity contribution in [3.05, 3.63) is 75.9 Å². The van der Waals surface area contributed by atoms with Crippen molar-refractivity contribution in [1.82, 2.24) is 4.98 Å². The largest absolute Gasteiger partial charge is 0.322 e. The molecule has 0 unspecified atom stereocenters. The third-order valence-electron chi connectivity index (χ3n) is 5.21. The first-order chi connectivity index (χ1) is 14.1. The van der Waals surface area contributed by atoms with E-state index >= 15 is 0 Å². The number of pyridine rings is 1. The summed E-state index contributed by atoms with van der Waals surface area (Å²) in [5, 5.41) is 6.65. The average Bonchev–Trinajstić information content (AvgIpc) is 2.90. The highest BCUT2D eigenvalue weighted by atomic mass is 32.1. The van der Waals surface area contributed by atoms with E-state index in [9.17, 15) is 9.59 Å². The highest BCUT2D eigenvalue weighted by Crippen LogP contribution is 2.38. The molecule has 0 radical (unpaired) electrons. The maximum absolute atomic E-state index is 13.3. The topological polar surface area (TPSA) is 71.1 Å². The number of carbonyl (C=O) groups excluding carboxylic acids is 2.